The molecule has 0 saturated heterocycles. The van der Waals surface area contributed by atoms with Gasteiger partial charge < -0.3 is 4.74 Å². The Kier molecular flexibility index (Phi) is 6.08. The number of ether oxygens (including phenoxy) is 1. The molecule has 1 unspecified atom stereocenters. The molecule has 1 atom stereocenters. The summed E-state index contributed by atoms with van der Waals surface area (Å²) in [5, 5.41) is 17.5. The zero-order chi connectivity index (χ0) is 14.1. The highest BCUT2D eigenvalue weighted by Crippen LogP contribution is 2.18. The van der Waals surface area contributed by atoms with Crippen molar-refractivity contribution in [1.29, 1.82) is 10.5 Å². The van der Waals surface area contributed by atoms with Crippen molar-refractivity contribution in [1.82, 2.24) is 4.90 Å². The van der Waals surface area contributed by atoms with Gasteiger partial charge in [0.1, 0.15) is 0 Å². The van der Waals surface area contributed by atoms with E-state index in [1.54, 1.807) is 4.90 Å². The van der Waals surface area contributed by atoms with Gasteiger partial charge in [-0.3, -0.25) is 9.69 Å². The second kappa shape index (κ2) is 7.86. The maximum atomic E-state index is 11.8. The Morgan fingerprint density at radius 3 is 2.32 bits per heavy atom. The summed E-state index contributed by atoms with van der Waals surface area (Å²) < 4.78 is 4.79. The van der Waals surface area contributed by atoms with Crippen LogP contribution in [0.15, 0.2) is 30.3 Å². The number of nitrogens with zero attached hydrogens (tertiary/aromatic N) is 3. The molecule has 0 saturated carbocycles. The predicted molar refractivity (Wildman–Crippen MR) is 68.9 cm³/mol. The zero-order valence-corrected chi connectivity index (χ0v) is 10.7. The van der Waals surface area contributed by atoms with Gasteiger partial charge in [-0.25, -0.2) is 0 Å². The van der Waals surface area contributed by atoms with Crippen LogP contribution in [0.25, 0.3) is 0 Å². The van der Waals surface area contributed by atoms with Gasteiger partial charge in [-0.15, -0.1) is 0 Å². The smallest absolute Gasteiger partial charge is 0.314 e. The highest BCUT2D eigenvalue weighted by molar-refractivity contribution is 5.78. The van der Waals surface area contributed by atoms with Crippen molar-refractivity contribution in [2.45, 2.75) is 5.92 Å². The Balaban J connectivity index is 2.90. The van der Waals surface area contributed by atoms with Crippen LogP contribution in [0, 0.1) is 22.7 Å². The lowest BCUT2D eigenvalue weighted by Crippen LogP contribution is -2.33. The average Bonchev–Trinajstić information content (AvgIpc) is 2.45. The molecule has 1 aromatic carbocycles. The van der Waals surface area contributed by atoms with Crippen LogP contribution in [0.2, 0.25) is 0 Å². The average molecular weight is 257 g/mol. The Labute approximate surface area is 112 Å². The van der Waals surface area contributed by atoms with Gasteiger partial charge in [0.2, 0.25) is 0 Å². The summed E-state index contributed by atoms with van der Waals surface area (Å²) in [6.07, 6.45) is 0. The van der Waals surface area contributed by atoms with E-state index in [0.717, 1.165) is 5.56 Å². The number of methoxy groups -OCH3 is 1. The van der Waals surface area contributed by atoms with E-state index in [2.05, 4.69) is 0 Å². The third kappa shape index (κ3) is 4.42. The van der Waals surface area contributed by atoms with Gasteiger partial charge in [0.25, 0.3) is 0 Å². The Morgan fingerprint density at radius 2 is 1.84 bits per heavy atom. The quantitative estimate of drug-likeness (QED) is 0.567. The van der Waals surface area contributed by atoms with E-state index >= 15 is 0 Å². The molecular formula is C14H15N3O2. The first-order valence-corrected chi connectivity index (χ1v) is 5.82. The molecule has 0 radical (unpaired) electrons. The molecule has 0 aliphatic heterocycles. The Bertz CT molecular complexity index is 472. The Morgan fingerprint density at radius 1 is 1.26 bits per heavy atom. The summed E-state index contributed by atoms with van der Waals surface area (Å²) in [5.41, 5.74) is 0.815. The molecule has 19 heavy (non-hydrogen) atoms. The number of carbonyl (C=O) groups is 1. The monoisotopic (exact) mass is 257 g/mol. The minimum atomic E-state index is -0.493. The number of hydrogen-bond donors (Lipinski definition) is 0. The van der Waals surface area contributed by atoms with E-state index in [1.807, 2.05) is 42.5 Å². The first kappa shape index (κ1) is 14.7. The molecule has 5 nitrogen and oxygen atoms in total. The second-order valence-corrected chi connectivity index (χ2v) is 3.97. The van der Waals surface area contributed by atoms with Crippen molar-refractivity contribution in [3.63, 3.8) is 0 Å². The van der Waals surface area contributed by atoms with Gasteiger partial charge in [-0.05, 0) is 5.56 Å². The largest absolute Gasteiger partial charge is 0.469 e. The van der Waals surface area contributed by atoms with Crippen LogP contribution in [0.5, 0.6) is 0 Å². The molecule has 0 aliphatic rings. The molecule has 0 aliphatic carbocycles. The van der Waals surface area contributed by atoms with Crippen molar-refractivity contribution < 1.29 is 9.53 Å². The van der Waals surface area contributed by atoms with E-state index in [4.69, 9.17) is 15.3 Å². The summed E-state index contributed by atoms with van der Waals surface area (Å²) >= 11 is 0. The fraction of sp³-hybridized carbons (Fsp3) is 0.357. The van der Waals surface area contributed by atoms with E-state index in [-0.39, 0.29) is 25.6 Å². The molecule has 0 fully saturated rings. The summed E-state index contributed by atoms with van der Waals surface area (Å²) in [6, 6.07) is 13.2. The first-order chi connectivity index (χ1) is 9.22. The molecule has 0 heterocycles. The van der Waals surface area contributed by atoms with Crippen molar-refractivity contribution >= 4 is 5.97 Å². The normalized spacial score (nSPS) is 11.4. The lowest BCUT2D eigenvalue weighted by molar-refractivity contribution is -0.142. The van der Waals surface area contributed by atoms with Crippen LogP contribution in [-0.2, 0) is 9.53 Å². The van der Waals surface area contributed by atoms with Gasteiger partial charge in [0, 0.05) is 6.54 Å². The molecular weight excluding hydrogens is 242 g/mol. The van der Waals surface area contributed by atoms with E-state index in [0.29, 0.717) is 0 Å². The minimum Gasteiger partial charge on any atom is -0.469 e. The maximum Gasteiger partial charge on any atom is 0.314 e. The third-order valence-corrected chi connectivity index (χ3v) is 2.72. The lowest BCUT2D eigenvalue weighted by Gasteiger charge is -2.22. The highest BCUT2D eigenvalue weighted by atomic mass is 16.5. The van der Waals surface area contributed by atoms with Gasteiger partial charge in [0.15, 0.2) is 0 Å². The molecule has 0 amide bonds. The van der Waals surface area contributed by atoms with Crippen LogP contribution < -0.4 is 0 Å². The summed E-state index contributed by atoms with van der Waals surface area (Å²) in [6.45, 7) is 0.500. The second-order valence-electron chi connectivity index (χ2n) is 3.97. The van der Waals surface area contributed by atoms with Gasteiger partial charge in [0.05, 0.1) is 38.3 Å². The standard InChI is InChI=1S/C14H15N3O2/c1-19-14(18)13(12-5-3-2-4-6-12)11-17(9-7-15)10-8-16/h2-6,13H,9-11H2,1H3. The first-order valence-electron chi connectivity index (χ1n) is 5.82. The molecule has 5 heteroatoms. The fourth-order valence-corrected chi connectivity index (χ4v) is 1.79. The van der Waals surface area contributed by atoms with Crippen molar-refractivity contribution in [3.8, 4) is 12.1 Å². The summed E-state index contributed by atoms with van der Waals surface area (Å²) in [7, 11) is 1.33. The van der Waals surface area contributed by atoms with E-state index < -0.39 is 5.92 Å². The van der Waals surface area contributed by atoms with Gasteiger partial charge >= 0.3 is 5.97 Å². The van der Waals surface area contributed by atoms with Gasteiger partial charge in [-0.2, -0.15) is 10.5 Å². The van der Waals surface area contributed by atoms with Crippen LogP contribution in [0.1, 0.15) is 11.5 Å². The number of esters is 1. The minimum absolute atomic E-state index is 0.105. The van der Waals surface area contributed by atoms with Crippen molar-refractivity contribution in [2.75, 3.05) is 26.7 Å². The predicted octanol–water partition coefficient (Wildman–Crippen LogP) is 1.29. The number of hydrogen-bond acceptors (Lipinski definition) is 5. The molecule has 0 aromatic heterocycles. The molecule has 0 spiro atoms. The molecule has 98 valence electrons. The number of rotatable bonds is 6. The number of benzene rings is 1. The third-order valence-electron chi connectivity index (χ3n) is 2.72. The molecule has 1 aromatic rings. The summed E-state index contributed by atoms with van der Waals surface area (Å²) in [5.74, 6) is -0.861. The molecule has 0 bridgehead atoms. The SMILES string of the molecule is COC(=O)C(CN(CC#N)CC#N)c1ccccc1. The van der Waals surface area contributed by atoms with E-state index in [1.165, 1.54) is 7.11 Å². The topological polar surface area (TPSA) is 77.1 Å². The molecule has 1 rings (SSSR count). The molecule has 0 N–H and O–H groups in total. The van der Waals surface area contributed by atoms with Crippen molar-refractivity contribution in [2.24, 2.45) is 0 Å². The van der Waals surface area contributed by atoms with Crippen LogP contribution in [0.3, 0.4) is 0 Å². The van der Waals surface area contributed by atoms with Gasteiger partial charge in [-0.1, -0.05) is 30.3 Å². The fourth-order valence-electron chi connectivity index (χ4n) is 1.79. The highest BCUT2D eigenvalue weighted by Gasteiger charge is 2.24. The van der Waals surface area contributed by atoms with Crippen LogP contribution in [0.4, 0.5) is 0 Å². The zero-order valence-electron chi connectivity index (χ0n) is 10.7. The maximum absolute atomic E-state index is 11.8. The Hall–Kier alpha value is -2.37. The number of carbonyl (C=O) groups excluding carboxylic acids is 1. The summed E-state index contributed by atoms with van der Waals surface area (Å²) in [4.78, 5) is 13.5. The van der Waals surface area contributed by atoms with E-state index in [9.17, 15) is 4.79 Å². The number of nitriles is 2. The van der Waals surface area contributed by atoms with Crippen LogP contribution >= 0.6 is 0 Å². The lowest BCUT2D eigenvalue weighted by atomic mass is 9.98. The van der Waals surface area contributed by atoms with Crippen molar-refractivity contribution in [3.05, 3.63) is 35.9 Å². The van der Waals surface area contributed by atoms with Crippen LogP contribution in [-0.4, -0.2) is 37.6 Å².